The van der Waals surface area contributed by atoms with Gasteiger partial charge < -0.3 is 4.55 Å². The zero-order chi connectivity index (χ0) is 24.5. The van der Waals surface area contributed by atoms with Crippen molar-refractivity contribution < 1.29 is 68.5 Å². The molecule has 0 spiro atoms. The van der Waals surface area contributed by atoms with E-state index in [-0.39, 0.29) is 63.9 Å². The second-order valence-corrected chi connectivity index (χ2v) is 10.9. The molecule has 0 aliphatic rings. The Morgan fingerprint density at radius 3 is 1.44 bits per heavy atom. The Labute approximate surface area is 256 Å². The Hall–Kier alpha value is 1.25. The van der Waals surface area contributed by atoms with Crippen molar-refractivity contribution in [1.29, 1.82) is 0 Å². The van der Waals surface area contributed by atoms with Gasteiger partial charge in [-0.15, -0.1) is 0 Å². The molecule has 0 aliphatic carbocycles. The van der Waals surface area contributed by atoms with Gasteiger partial charge in [0, 0.05) is 5.92 Å². The SMILES string of the molecule is CCCCCC/C=C/C(CCCCCCCCCCCCCCCCCC)COS(=O)(=O)[O-].[K+]. The molecule has 4 nitrogen and oxygen atoms in total. The van der Waals surface area contributed by atoms with E-state index in [1.165, 1.54) is 116 Å². The van der Waals surface area contributed by atoms with Gasteiger partial charge in [-0.25, -0.2) is 8.42 Å². The molecule has 0 radical (unpaired) electrons. The third kappa shape index (κ3) is 31.3. The van der Waals surface area contributed by atoms with Crippen molar-refractivity contribution in [2.75, 3.05) is 6.61 Å². The molecular formula is C28H55KO4S. The predicted octanol–water partition coefficient (Wildman–Crippen LogP) is 6.26. The first-order valence-corrected chi connectivity index (χ1v) is 15.6. The van der Waals surface area contributed by atoms with Crippen molar-refractivity contribution in [1.82, 2.24) is 0 Å². The fraction of sp³-hybridized carbons (Fsp3) is 0.929. The van der Waals surface area contributed by atoms with Crippen LogP contribution in [0.2, 0.25) is 0 Å². The molecule has 0 heterocycles. The average molecular weight is 527 g/mol. The maximum Gasteiger partial charge on any atom is 1.00 e. The van der Waals surface area contributed by atoms with Gasteiger partial charge in [-0.05, 0) is 19.3 Å². The fourth-order valence-corrected chi connectivity index (χ4v) is 4.68. The molecule has 0 aliphatic heterocycles. The molecule has 0 saturated carbocycles. The number of allylic oxidation sites excluding steroid dienone is 1. The zero-order valence-corrected chi connectivity index (χ0v) is 27.0. The quantitative estimate of drug-likeness (QED) is 0.0438. The maximum atomic E-state index is 10.8. The van der Waals surface area contributed by atoms with E-state index in [2.05, 4.69) is 30.2 Å². The normalized spacial score (nSPS) is 12.8. The summed E-state index contributed by atoms with van der Waals surface area (Å²) in [7, 11) is -4.61. The van der Waals surface area contributed by atoms with Gasteiger partial charge in [-0.2, -0.15) is 0 Å². The number of unbranched alkanes of at least 4 members (excludes halogenated alkanes) is 19. The van der Waals surface area contributed by atoms with E-state index in [1.54, 1.807) is 0 Å². The van der Waals surface area contributed by atoms with Crippen molar-refractivity contribution in [3.05, 3.63) is 12.2 Å². The summed E-state index contributed by atoms with van der Waals surface area (Å²) in [5.41, 5.74) is 0. The summed E-state index contributed by atoms with van der Waals surface area (Å²) in [6, 6.07) is 0. The summed E-state index contributed by atoms with van der Waals surface area (Å²) in [6.07, 6.45) is 32.4. The standard InChI is InChI=1S/C28H56O4S.K/c1-3-5-7-9-11-12-13-14-15-16-17-18-19-20-22-24-26-28(27-32-33(29,30)31)25-23-21-10-8-6-4-2;/h23,25,28H,3-22,24,26-27H2,1-2H3,(H,29,30,31);/q;+1/p-1/b25-23+;. The van der Waals surface area contributed by atoms with Crippen molar-refractivity contribution >= 4 is 10.4 Å². The molecule has 6 heteroatoms. The summed E-state index contributed by atoms with van der Waals surface area (Å²) in [5.74, 6) is 0.0199. The summed E-state index contributed by atoms with van der Waals surface area (Å²) in [6.45, 7) is 4.45. The third-order valence-corrected chi connectivity index (χ3v) is 6.91. The Kier molecular flexibility index (Phi) is 31.7. The van der Waals surface area contributed by atoms with Crippen molar-refractivity contribution in [2.24, 2.45) is 5.92 Å². The minimum Gasteiger partial charge on any atom is -0.726 e. The summed E-state index contributed by atoms with van der Waals surface area (Å²) < 4.78 is 36.9. The topological polar surface area (TPSA) is 66.4 Å². The molecule has 0 N–H and O–H groups in total. The van der Waals surface area contributed by atoms with Crippen LogP contribution in [0.5, 0.6) is 0 Å². The van der Waals surface area contributed by atoms with Crippen LogP contribution in [-0.2, 0) is 14.6 Å². The van der Waals surface area contributed by atoms with Crippen LogP contribution in [0, 0.1) is 5.92 Å². The minimum atomic E-state index is -4.61. The summed E-state index contributed by atoms with van der Waals surface area (Å²) in [4.78, 5) is 0. The van der Waals surface area contributed by atoms with Gasteiger partial charge in [0.2, 0.25) is 10.4 Å². The third-order valence-electron chi connectivity index (χ3n) is 6.49. The summed E-state index contributed by atoms with van der Waals surface area (Å²) in [5, 5.41) is 0. The molecular weight excluding hydrogens is 471 g/mol. The van der Waals surface area contributed by atoms with Gasteiger partial charge in [-0.3, -0.25) is 4.18 Å². The van der Waals surface area contributed by atoms with Crippen LogP contribution in [-0.4, -0.2) is 19.6 Å². The molecule has 0 bridgehead atoms. The van der Waals surface area contributed by atoms with E-state index in [0.29, 0.717) is 0 Å². The molecule has 0 amide bonds. The predicted molar refractivity (Wildman–Crippen MR) is 141 cm³/mol. The van der Waals surface area contributed by atoms with Gasteiger partial charge in [0.25, 0.3) is 0 Å². The first kappa shape index (κ1) is 37.4. The van der Waals surface area contributed by atoms with Crippen LogP contribution in [0.4, 0.5) is 0 Å². The number of hydrogen-bond acceptors (Lipinski definition) is 4. The van der Waals surface area contributed by atoms with Crippen molar-refractivity contribution in [3.63, 3.8) is 0 Å². The van der Waals surface area contributed by atoms with Gasteiger partial charge >= 0.3 is 51.4 Å². The van der Waals surface area contributed by atoms with Crippen molar-refractivity contribution in [2.45, 2.75) is 155 Å². The molecule has 1 unspecified atom stereocenters. The first-order chi connectivity index (χ1) is 16.0. The van der Waals surface area contributed by atoms with Crippen LogP contribution in [0.1, 0.15) is 155 Å². The van der Waals surface area contributed by atoms with E-state index in [0.717, 1.165) is 25.7 Å². The second-order valence-electron chi connectivity index (χ2n) is 9.82. The second kappa shape index (κ2) is 28.8. The minimum absolute atomic E-state index is 0. The molecule has 1 atom stereocenters. The Balaban J connectivity index is 0. The molecule has 0 saturated heterocycles. The van der Waals surface area contributed by atoms with Crippen LogP contribution in [0.3, 0.4) is 0 Å². The molecule has 0 aromatic heterocycles. The maximum absolute atomic E-state index is 10.8. The number of hydrogen-bond donors (Lipinski definition) is 0. The molecule has 34 heavy (non-hydrogen) atoms. The van der Waals surface area contributed by atoms with Gasteiger partial charge in [-0.1, -0.05) is 148 Å². The Morgan fingerprint density at radius 1 is 0.647 bits per heavy atom. The van der Waals surface area contributed by atoms with Gasteiger partial charge in [0.1, 0.15) is 0 Å². The smallest absolute Gasteiger partial charge is 0.726 e. The van der Waals surface area contributed by atoms with Gasteiger partial charge in [0.05, 0.1) is 6.61 Å². The van der Waals surface area contributed by atoms with Crippen LogP contribution in [0.25, 0.3) is 0 Å². The first-order valence-electron chi connectivity index (χ1n) is 14.3. The molecule has 198 valence electrons. The monoisotopic (exact) mass is 526 g/mol. The largest absolute Gasteiger partial charge is 1.00 e. The zero-order valence-electron chi connectivity index (χ0n) is 23.0. The van der Waals surface area contributed by atoms with E-state index < -0.39 is 10.4 Å². The average Bonchev–Trinajstić information content (AvgIpc) is 2.78. The van der Waals surface area contributed by atoms with E-state index >= 15 is 0 Å². The molecule has 0 aromatic carbocycles. The van der Waals surface area contributed by atoms with Crippen molar-refractivity contribution in [3.8, 4) is 0 Å². The van der Waals surface area contributed by atoms with Crippen LogP contribution in [0.15, 0.2) is 12.2 Å². The van der Waals surface area contributed by atoms with Crippen LogP contribution >= 0.6 is 0 Å². The van der Waals surface area contributed by atoms with Gasteiger partial charge in [0.15, 0.2) is 0 Å². The number of rotatable bonds is 26. The summed E-state index contributed by atoms with van der Waals surface area (Å²) >= 11 is 0. The van der Waals surface area contributed by atoms with E-state index in [4.69, 9.17) is 0 Å². The fourth-order valence-electron chi connectivity index (χ4n) is 4.34. The molecule has 0 rings (SSSR count). The van der Waals surface area contributed by atoms with E-state index in [1.807, 2.05) is 0 Å². The molecule has 0 fully saturated rings. The van der Waals surface area contributed by atoms with E-state index in [9.17, 15) is 13.0 Å². The molecule has 0 aromatic rings. The Bertz CT molecular complexity index is 522. The van der Waals surface area contributed by atoms with Crippen LogP contribution < -0.4 is 51.4 Å². The Morgan fingerprint density at radius 2 is 1.03 bits per heavy atom.